The summed E-state index contributed by atoms with van der Waals surface area (Å²) in [5.74, 6) is -0.186. The fourth-order valence-corrected chi connectivity index (χ4v) is 1.28. The molecule has 1 N–H and O–H groups in total. The highest BCUT2D eigenvalue weighted by atomic mass is 16.4. The molecule has 0 fully saturated rings. The van der Waals surface area contributed by atoms with Gasteiger partial charge in [-0.2, -0.15) is 0 Å². The number of carboxylic acids is 1. The maximum atomic E-state index is 11.6. The summed E-state index contributed by atoms with van der Waals surface area (Å²) in [7, 11) is 1.66. The maximum absolute atomic E-state index is 11.6. The van der Waals surface area contributed by atoms with Crippen molar-refractivity contribution in [3.05, 3.63) is 27.9 Å². The van der Waals surface area contributed by atoms with Gasteiger partial charge in [0, 0.05) is 25.2 Å². The molecule has 0 spiro atoms. The van der Waals surface area contributed by atoms with Gasteiger partial charge in [0.05, 0.1) is 0 Å². The molecule has 1 heterocycles. The summed E-state index contributed by atoms with van der Waals surface area (Å²) >= 11 is 0. The Morgan fingerprint density at radius 3 is 2.87 bits per heavy atom. The number of aryl methyl sites for hydroxylation is 2. The van der Waals surface area contributed by atoms with Gasteiger partial charge < -0.3 is 5.11 Å². The molecule has 15 heavy (non-hydrogen) atoms. The van der Waals surface area contributed by atoms with Gasteiger partial charge in [-0.25, -0.2) is 4.98 Å². The van der Waals surface area contributed by atoms with Crippen LogP contribution in [0.1, 0.15) is 24.2 Å². The fourth-order valence-electron chi connectivity index (χ4n) is 1.28. The van der Waals surface area contributed by atoms with E-state index >= 15 is 0 Å². The molecule has 0 bridgehead atoms. The van der Waals surface area contributed by atoms with Crippen LogP contribution in [0.5, 0.6) is 0 Å². The van der Waals surface area contributed by atoms with Crippen LogP contribution in [0.3, 0.4) is 0 Å². The van der Waals surface area contributed by atoms with Crippen molar-refractivity contribution >= 4 is 5.97 Å². The lowest BCUT2D eigenvalue weighted by molar-refractivity contribution is -0.137. The van der Waals surface area contributed by atoms with E-state index in [9.17, 15) is 9.59 Å². The van der Waals surface area contributed by atoms with Crippen molar-refractivity contribution in [3.63, 3.8) is 0 Å². The largest absolute Gasteiger partial charge is 0.481 e. The highest BCUT2D eigenvalue weighted by molar-refractivity contribution is 5.66. The number of hydrogen-bond donors (Lipinski definition) is 1. The number of hydrogen-bond acceptors (Lipinski definition) is 3. The van der Waals surface area contributed by atoms with E-state index in [-0.39, 0.29) is 12.0 Å². The summed E-state index contributed by atoms with van der Waals surface area (Å²) in [6.45, 7) is 1.75. The van der Waals surface area contributed by atoms with Crippen LogP contribution in [-0.2, 0) is 18.3 Å². The van der Waals surface area contributed by atoms with Crippen LogP contribution in [0.25, 0.3) is 0 Å². The molecule has 1 aromatic rings. The molecule has 0 aliphatic heterocycles. The molecular formula is C10H14N2O3. The third kappa shape index (κ3) is 2.90. The molecule has 1 aromatic heterocycles. The Bertz CT molecular complexity index is 423. The standard InChI is InChI=1S/C10H14N2O3/c1-7-11-6-8(10(15)12(7)2)4-3-5-9(13)14/h6H,3-5H2,1-2H3,(H,13,14). The second-order valence-electron chi connectivity index (χ2n) is 3.44. The van der Waals surface area contributed by atoms with Crippen molar-refractivity contribution in [2.45, 2.75) is 26.2 Å². The number of carbonyl (C=O) groups is 1. The normalized spacial score (nSPS) is 10.3. The van der Waals surface area contributed by atoms with Crippen molar-refractivity contribution in [1.82, 2.24) is 9.55 Å². The van der Waals surface area contributed by atoms with E-state index in [2.05, 4.69) is 4.98 Å². The third-order valence-electron chi connectivity index (χ3n) is 2.31. The molecule has 5 heteroatoms. The van der Waals surface area contributed by atoms with E-state index in [1.165, 1.54) is 10.8 Å². The Balaban J connectivity index is 2.75. The zero-order chi connectivity index (χ0) is 11.4. The van der Waals surface area contributed by atoms with E-state index in [1.807, 2.05) is 0 Å². The van der Waals surface area contributed by atoms with Crippen LogP contribution in [-0.4, -0.2) is 20.6 Å². The molecule has 82 valence electrons. The lowest BCUT2D eigenvalue weighted by atomic mass is 10.1. The second-order valence-corrected chi connectivity index (χ2v) is 3.44. The fraction of sp³-hybridized carbons (Fsp3) is 0.500. The number of aromatic nitrogens is 2. The monoisotopic (exact) mass is 210 g/mol. The van der Waals surface area contributed by atoms with Crippen molar-refractivity contribution in [3.8, 4) is 0 Å². The smallest absolute Gasteiger partial charge is 0.303 e. The molecule has 0 amide bonds. The van der Waals surface area contributed by atoms with Gasteiger partial charge in [0.25, 0.3) is 5.56 Å². The molecule has 0 unspecified atom stereocenters. The van der Waals surface area contributed by atoms with Crippen LogP contribution in [0.2, 0.25) is 0 Å². The van der Waals surface area contributed by atoms with Crippen molar-refractivity contribution < 1.29 is 9.90 Å². The minimum Gasteiger partial charge on any atom is -0.481 e. The highest BCUT2D eigenvalue weighted by Gasteiger charge is 2.05. The summed E-state index contributed by atoms with van der Waals surface area (Å²) in [6.07, 6.45) is 2.54. The van der Waals surface area contributed by atoms with Gasteiger partial charge in [-0.3, -0.25) is 14.2 Å². The first-order chi connectivity index (χ1) is 7.02. The summed E-state index contributed by atoms with van der Waals surface area (Å²) < 4.78 is 1.47. The molecule has 0 atom stereocenters. The van der Waals surface area contributed by atoms with Gasteiger partial charge in [0.15, 0.2) is 0 Å². The van der Waals surface area contributed by atoms with E-state index in [0.29, 0.717) is 24.2 Å². The molecule has 0 saturated heterocycles. The maximum Gasteiger partial charge on any atom is 0.303 e. The number of rotatable bonds is 4. The highest BCUT2D eigenvalue weighted by Crippen LogP contribution is 1.99. The zero-order valence-electron chi connectivity index (χ0n) is 8.86. The summed E-state index contributed by atoms with van der Waals surface area (Å²) in [4.78, 5) is 26.0. The summed E-state index contributed by atoms with van der Waals surface area (Å²) in [5.41, 5.74) is 0.484. The number of nitrogens with zero attached hydrogens (tertiary/aromatic N) is 2. The first-order valence-electron chi connectivity index (χ1n) is 4.75. The van der Waals surface area contributed by atoms with E-state index in [1.54, 1.807) is 14.0 Å². The molecular weight excluding hydrogens is 196 g/mol. The van der Waals surface area contributed by atoms with Crippen molar-refractivity contribution in [1.29, 1.82) is 0 Å². The molecule has 5 nitrogen and oxygen atoms in total. The van der Waals surface area contributed by atoms with E-state index in [4.69, 9.17) is 5.11 Å². The Labute approximate surface area is 87.4 Å². The SMILES string of the molecule is Cc1ncc(CCCC(=O)O)c(=O)n1C. The first kappa shape index (κ1) is 11.4. The van der Waals surface area contributed by atoms with Gasteiger partial charge in [0.1, 0.15) is 5.82 Å². The summed E-state index contributed by atoms with van der Waals surface area (Å²) in [5, 5.41) is 8.46. The van der Waals surface area contributed by atoms with Crippen molar-refractivity contribution in [2.24, 2.45) is 7.05 Å². The van der Waals surface area contributed by atoms with Gasteiger partial charge >= 0.3 is 5.97 Å². The minimum absolute atomic E-state index is 0.0804. The van der Waals surface area contributed by atoms with E-state index in [0.717, 1.165) is 0 Å². The van der Waals surface area contributed by atoms with Gasteiger partial charge in [-0.15, -0.1) is 0 Å². The van der Waals surface area contributed by atoms with Gasteiger partial charge in [-0.05, 0) is 19.8 Å². The van der Waals surface area contributed by atoms with Crippen LogP contribution in [0.4, 0.5) is 0 Å². The molecule has 0 aliphatic rings. The van der Waals surface area contributed by atoms with Crippen LogP contribution < -0.4 is 5.56 Å². The van der Waals surface area contributed by atoms with E-state index < -0.39 is 5.97 Å². The predicted octanol–water partition coefficient (Wildman–Crippen LogP) is 0.496. The predicted molar refractivity (Wildman–Crippen MR) is 54.8 cm³/mol. The van der Waals surface area contributed by atoms with Crippen LogP contribution in [0.15, 0.2) is 11.0 Å². The zero-order valence-corrected chi connectivity index (χ0v) is 8.86. The Morgan fingerprint density at radius 1 is 1.60 bits per heavy atom. The van der Waals surface area contributed by atoms with Crippen molar-refractivity contribution in [2.75, 3.05) is 0 Å². The lowest BCUT2D eigenvalue weighted by Crippen LogP contribution is -2.24. The molecule has 0 aliphatic carbocycles. The number of carboxylic acid groups (broad SMARTS) is 1. The topological polar surface area (TPSA) is 72.2 Å². The third-order valence-corrected chi connectivity index (χ3v) is 2.31. The quantitative estimate of drug-likeness (QED) is 0.785. The Hall–Kier alpha value is -1.65. The van der Waals surface area contributed by atoms with Crippen LogP contribution >= 0.6 is 0 Å². The second kappa shape index (κ2) is 4.72. The van der Waals surface area contributed by atoms with Gasteiger partial charge in [-0.1, -0.05) is 0 Å². The molecule has 0 radical (unpaired) electrons. The Kier molecular flexibility index (Phi) is 3.60. The molecule has 0 aromatic carbocycles. The minimum atomic E-state index is -0.841. The van der Waals surface area contributed by atoms with Crippen LogP contribution in [0, 0.1) is 6.92 Å². The molecule has 0 saturated carbocycles. The average Bonchev–Trinajstić information content (AvgIpc) is 2.18. The average molecular weight is 210 g/mol. The summed E-state index contributed by atoms with van der Waals surface area (Å²) in [6, 6.07) is 0. The molecule has 1 rings (SSSR count). The van der Waals surface area contributed by atoms with Gasteiger partial charge in [0.2, 0.25) is 0 Å². The first-order valence-corrected chi connectivity index (χ1v) is 4.75. The lowest BCUT2D eigenvalue weighted by Gasteiger charge is -2.04. The number of aliphatic carboxylic acids is 1. The Morgan fingerprint density at radius 2 is 2.27 bits per heavy atom.